The van der Waals surface area contributed by atoms with Gasteiger partial charge in [-0.05, 0) is 38.8 Å². The molecule has 1 amide bonds. The monoisotopic (exact) mass is 253 g/mol. The van der Waals surface area contributed by atoms with E-state index in [0.29, 0.717) is 10.9 Å². The molecule has 1 aliphatic carbocycles. The molecular formula is C12H15NO3S. The summed E-state index contributed by atoms with van der Waals surface area (Å²) < 4.78 is 0. The van der Waals surface area contributed by atoms with Gasteiger partial charge in [-0.15, -0.1) is 11.3 Å². The molecule has 1 heterocycles. The molecule has 17 heavy (non-hydrogen) atoms. The SMILES string of the molecule is CC(C)N(C(=O)c1ccc(C(=O)O)s1)C1CC1. The third-order valence-corrected chi connectivity index (χ3v) is 3.82. The minimum atomic E-state index is -0.975. The molecule has 92 valence electrons. The number of carboxylic acids is 1. The van der Waals surface area contributed by atoms with Gasteiger partial charge in [0.15, 0.2) is 0 Å². The lowest BCUT2D eigenvalue weighted by molar-refractivity contribution is 0.0690. The van der Waals surface area contributed by atoms with Gasteiger partial charge in [-0.3, -0.25) is 4.79 Å². The van der Waals surface area contributed by atoms with Crippen LogP contribution in [-0.4, -0.2) is 34.0 Å². The van der Waals surface area contributed by atoms with Gasteiger partial charge in [0.05, 0.1) is 4.88 Å². The van der Waals surface area contributed by atoms with Gasteiger partial charge in [-0.25, -0.2) is 4.79 Å². The number of carbonyl (C=O) groups excluding carboxylic acids is 1. The largest absolute Gasteiger partial charge is 0.477 e. The Bertz CT molecular complexity index is 446. The predicted molar refractivity (Wildman–Crippen MR) is 65.6 cm³/mol. The minimum Gasteiger partial charge on any atom is -0.477 e. The summed E-state index contributed by atoms with van der Waals surface area (Å²) in [6.45, 7) is 3.98. The molecule has 2 rings (SSSR count). The molecule has 4 nitrogen and oxygen atoms in total. The lowest BCUT2D eigenvalue weighted by atomic mass is 10.2. The highest BCUT2D eigenvalue weighted by molar-refractivity contribution is 7.15. The van der Waals surface area contributed by atoms with E-state index in [2.05, 4.69) is 0 Å². The molecule has 1 fully saturated rings. The Morgan fingerprint density at radius 3 is 2.35 bits per heavy atom. The van der Waals surface area contributed by atoms with Crippen LogP contribution in [0.25, 0.3) is 0 Å². The maximum Gasteiger partial charge on any atom is 0.345 e. The van der Waals surface area contributed by atoms with E-state index >= 15 is 0 Å². The summed E-state index contributed by atoms with van der Waals surface area (Å²) in [7, 11) is 0. The average Bonchev–Trinajstić information content (AvgIpc) is 2.94. The van der Waals surface area contributed by atoms with Gasteiger partial charge in [0.25, 0.3) is 5.91 Å². The van der Waals surface area contributed by atoms with Crippen molar-refractivity contribution in [1.29, 1.82) is 0 Å². The smallest absolute Gasteiger partial charge is 0.345 e. The molecule has 0 bridgehead atoms. The molecule has 0 radical (unpaired) electrons. The molecule has 0 aliphatic heterocycles. The molecular weight excluding hydrogens is 238 g/mol. The van der Waals surface area contributed by atoms with Gasteiger partial charge in [0.2, 0.25) is 0 Å². The predicted octanol–water partition coefficient (Wildman–Crippen LogP) is 2.46. The summed E-state index contributed by atoms with van der Waals surface area (Å²) in [5, 5.41) is 8.83. The summed E-state index contributed by atoms with van der Waals surface area (Å²) >= 11 is 1.05. The number of carboxylic acid groups (broad SMARTS) is 1. The third kappa shape index (κ3) is 2.49. The van der Waals surface area contributed by atoms with E-state index in [1.54, 1.807) is 6.07 Å². The van der Waals surface area contributed by atoms with Crippen molar-refractivity contribution in [2.24, 2.45) is 0 Å². The first-order valence-electron chi connectivity index (χ1n) is 5.66. The number of amides is 1. The molecule has 1 aromatic rings. The van der Waals surface area contributed by atoms with E-state index in [-0.39, 0.29) is 16.8 Å². The van der Waals surface area contributed by atoms with Crippen molar-refractivity contribution in [3.63, 3.8) is 0 Å². The number of hydrogen-bond acceptors (Lipinski definition) is 3. The molecule has 0 aromatic carbocycles. The molecule has 1 N–H and O–H groups in total. The van der Waals surface area contributed by atoms with Crippen molar-refractivity contribution in [2.75, 3.05) is 0 Å². The first-order valence-corrected chi connectivity index (χ1v) is 6.48. The molecule has 0 unspecified atom stereocenters. The number of nitrogens with zero attached hydrogens (tertiary/aromatic N) is 1. The second kappa shape index (κ2) is 4.49. The number of carbonyl (C=O) groups is 2. The highest BCUT2D eigenvalue weighted by Gasteiger charge is 2.35. The van der Waals surface area contributed by atoms with Crippen molar-refractivity contribution in [2.45, 2.75) is 38.8 Å². The summed E-state index contributed by atoms with van der Waals surface area (Å²) in [6.07, 6.45) is 2.11. The Kier molecular flexibility index (Phi) is 3.19. The topological polar surface area (TPSA) is 57.6 Å². The van der Waals surface area contributed by atoms with Gasteiger partial charge < -0.3 is 10.0 Å². The number of thiophene rings is 1. The average molecular weight is 253 g/mol. The molecule has 1 aliphatic rings. The van der Waals surface area contributed by atoms with Crippen molar-refractivity contribution < 1.29 is 14.7 Å². The molecule has 5 heteroatoms. The normalized spacial score (nSPS) is 15.0. The highest BCUT2D eigenvalue weighted by atomic mass is 32.1. The molecule has 0 saturated heterocycles. The zero-order chi connectivity index (χ0) is 12.6. The van der Waals surface area contributed by atoms with Gasteiger partial charge in [-0.2, -0.15) is 0 Å². The van der Waals surface area contributed by atoms with E-state index < -0.39 is 5.97 Å². The minimum absolute atomic E-state index is 0.0417. The van der Waals surface area contributed by atoms with Crippen LogP contribution in [0.4, 0.5) is 0 Å². The van der Waals surface area contributed by atoms with Crippen LogP contribution in [0.15, 0.2) is 12.1 Å². The van der Waals surface area contributed by atoms with Crippen LogP contribution in [0.3, 0.4) is 0 Å². The van der Waals surface area contributed by atoms with Crippen molar-refractivity contribution in [3.8, 4) is 0 Å². The maximum atomic E-state index is 12.2. The second-order valence-corrected chi connectivity index (χ2v) is 5.59. The number of aromatic carboxylic acids is 1. The van der Waals surface area contributed by atoms with E-state index in [0.717, 1.165) is 24.2 Å². The van der Waals surface area contributed by atoms with Crippen molar-refractivity contribution in [3.05, 3.63) is 21.9 Å². The Labute approximate surface area is 104 Å². The van der Waals surface area contributed by atoms with Gasteiger partial charge >= 0.3 is 5.97 Å². The van der Waals surface area contributed by atoms with Crippen LogP contribution in [-0.2, 0) is 0 Å². The van der Waals surface area contributed by atoms with Crippen LogP contribution in [0, 0.1) is 0 Å². The number of hydrogen-bond donors (Lipinski definition) is 1. The highest BCUT2D eigenvalue weighted by Crippen LogP contribution is 2.31. The Morgan fingerprint density at radius 2 is 1.94 bits per heavy atom. The Morgan fingerprint density at radius 1 is 1.35 bits per heavy atom. The quantitative estimate of drug-likeness (QED) is 0.896. The summed E-state index contributed by atoms with van der Waals surface area (Å²) in [5.41, 5.74) is 0. The first kappa shape index (κ1) is 12.1. The zero-order valence-corrected chi connectivity index (χ0v) is 10.7. The van der Waals surface area contributed by atoms with Crippen molar-refractivity contribution in [1.82, 2.24) is 4.90 Å². The fraction of sp³-hybridized carbons (Fsp3) is 0.500. The lowest BCUT2D eigenvalue weighted by Crippen LogP contribution is -2.38. The Hall–Kier alpha value is -1.36. The van der Waals surface area contributed by atoms with Crippen LogP contribution in [0.5, 0.6) is 0 Å². The molecule has 1 saturated carbocycles. The fourth-order valence-corrected chi connectivity index (χ4v) is 2.66. The molecule has 0 spiro atoms. The zero-order valence-electron chi connectivity index (χ0n) is 9.84. The van der Waals surface area contributed by atoms with Crippen LogP contribution in [0.2, 0.25) is 0 Å². The van der Waals surface area contributed by atoms with Crippen LogP contribution in [0.1, 0.15) is 46.0 Å². The van der Waals surface area contributed by atoms with Crippen LogP contribution >= 0.6 is 11.3 Å². The molecule has 1 aromatic heterocycles. The van der Waals surface area contributed by atoms with E-state index in [1.807, 2.05) is 18.7 Å². The first-order chi connectivity index (χ1) is 8.00. The summed E-state index contributed by atoms with van der Waals surface area (Å²) in [5.74, 6) is -1.02. The Balaban J connectivity index is 2.19. The fourth-order valence-electron chi connectivity index (χ4n) is 1.87. The second-order valence-electron chi connectivity index (χ2n) is 4.51. The third-order valence-electron chi connectivity index (χ3n) is 2.76. The standard InChI is InChI=1S/C12H15NO3S/c1-7(2)13(8-3-4-8)11(14)9-5-6-10(17-9)12(15)16/h5-8H,3-4H2,1-2H3,(H,15,16). The van der Waals surface area contributed by atoms with Crippen LogP contribution < -0.4 is 0 Å². The summed E-state index contributed by atoms with van der Waals surface area (Å²) in [4.78, 5) is 25.6. The van der Waals surface area contributed by atoms with Crippen molar-refractivity contribution >= 4 is 23.2 Å². The summed E-state index contributed by atoms with van der Waals surface area (Å²) in [6, 6.07) is 3.60. The van der Waals surface area contributed by atoms with Gasteiger partial charge in [0, 0.05) is 12.1 Å². The number of rotatable bonds is 4. The maximum absolute atomic E-state index is 12.2. The van der Waals surface area contributed by atoms with E-state index in [9.17, 15) is 9.59 Å². The van der Waals surface area contributed by atoms with E-state index in [4.69, 9.17) is 5.11 Å². The van der Waals surface area contributed by atoms with E-state index in [1.165, 1.54) is 6.07 Å². The molecule has 0 atom stereocenters. The van der Waals surface area contributed by atoms with Gasteiger partial charge in [-0.1, -0.05) is 0 Å². The van der Waals surface area contributed by atoms with Gasteiger partial charge in [0.1, 0.15) is 4.88 Å². The lowest BCUT2D eigenvalue weighted by Gasteiger charge is -2.26.